The number of carbonyl (C=O) groups excluding carboxylic acids is 1. The first kappa shape index (κ1) is 19.8. The minimum absolute atomic E-state index is 0.0559. The van der Waals surface area contributed by atoms with E-state index >= 15 is 0 Å². The summed E-state index contributed by atoms with van der Waals surface area (Å²) in [5.74, 6) is -2.30. The first-order chi connectivity index (χ1) is 12.8. The summed E-state index contributed by atoms with van der Waals surface area (Å²) in [4.78, 5) is 12.0. The molecule has 0 bridgehead atoms. The summed E-state index contributed by atoms with van der Waals surface area (Å²) in [5, 5.41) is 16.9. The van der Waals surface area contributed by atoms with Crippen LogP contribution in [0.2, 0.25) is 5.02 Å². The molecule has 0 aliphatic carbocycles. The van der Waals surface area contributed by atoms with Crippen molar-refractivity contribution >= 4 is 27.3 Å². The minimum Gasteiger partial charge on any atom is -0.381 e. The van der Waals surface area contributed by atoms with Crippen LogP contribution in [-0.4, -0.2) is 48.4 Å². The van der Waals surface area contributed by atoms with Crippen LogP contribution < -0.4 is 0 Å². The number of hydrogen-bond acceptors (Lipinski definition) is 6. The molecule has 9 heteroatoms. The van der Waals surface area contributed by atoms with E-state index in [0.29, 0.717) is 5.02 Å². The van der Waals surface area contributed by atoms with Gasteiger partial charge in [0.25, 0.3) is 5.91 Å². The van der Waals surface area contributed by atoms with Crippen LogP contribution in [0.1, 0.15) is 6.42 Å². The Morgan fingerprint density at radius 2 is 1.81 bits per heavy atom. The van der Waals surface area contributed by atoms with Gasteiger partial charge in [-0.25, -0.2) is 8.42 Å². The molecule has 2 aromatic carbocycles. The van der Waals surface area contributed by atoms with Crippen molar-refractivity contribution in [2.45, 2.75) is 16.6 Å². The fraction of sp³-hybridized carbons (Fsp3) is 0.278. The maximum absolute atomic E-state index is 13.0. The lowest BCUT2D eigenvalue weighted by molar-refractivity contribution is -0.289. The predicted molar refractivity (Wildman–Crippen MR) is 97.2 cm³/mol. The second-order valence-corrected chi connectivity index (χ2v) is 8.82. The van der Waals surface area contributed by atoms with Gasteiger partial charge in [-0.05, 0) is 41.8 Å². The molecule has 7 nitrogen and oxygen atoms in total. The van der Waals surface area contributed by atoms with Crippen molar-refractivity contribution in [2.75, 3.05) is 13.2 Å². The zero-order valence-corrected chi connectivity index (χ0v) is 15.7. The summed E-state index contributed by atoms with van der Waals surface area (Å²) in [6.07, 6.45) is 0.0859. The van der Waals surface area contributed by atoms with Crippen molar-refractivity contribution in [1.82, 2.24) is 5.23 Å². The number of ether oxygens (including phenoxy) is 1. The van der Waals surface area contributed by atoms with Crippen LogP contribution in [0.3, 0.4) is 0 Å². The number of rotatable bonds is 4. The van der Waals surface area contributed by atoms with E-state index in [1.807, 2.05) is 6.07 Å². The molecule has 1 aliphatic rings. The second-order valence-electron chi connectivity index (χ2n) is 6.22. The van der Waals surface area contributed by atoms with Crippen molar-refractivity contribution < 1.29 is 28.4 Å². The van der Waals surface area contributed by atoms with Gasteiger partial charge < -0.3 is 4.74 Å². The molecule has 1 heterocycles. The van der Waals surface area contributed by atoms with Crippen LogP contribution in [-0.2, 0) is 19.4 Å². The Labute approximate surface area is 161 Å². The molecule has 1 fully saturated rings. The summed E-state index contributed by atoms with van der Waals surface area (Å²) in [5.41, 5.74) is 1.65. The fourth-order valence-electron chi connectivity index (χ4n) is 3.15. The first-order valence-electron chi connectivity index (χ1n) is 8.20. The summed E-state index contributed by atoms with van der Waals surface area (Å²) in [6.45, 7) is -0.0217. The van der Waals surface area contributed by atoms with Gasteiger partial charge in [0.05, 0.1) is 22.7 Å². The monoisotopic (exact) mass is 411 g/mol. The largest absolute Gasteiger partial charge is 0.381 e. The molecule has 27 heavy (non-hydrogen) atoms. The average molecular weight is 412 g/mol. The Morgan fingerprint density at radius 1 is 1.11 bits per heavy atom. The molecule has 2 aromatic rings. The number of benzene rings is 2. The number of carbonyl (C=O) groups is 1. The zero-order valence-electron chi connectivity index (χ0n) is 14.2. The molecule has 144 valence electrons. The smallest absolute Gasteiger partial charge is 0.279 e. The Bertz CT molecular complexity index is 929. The van der Waals surface area contributed by atoms with Crippen molar-refractivity contribution in [3.63, 3.8) is 0 Å². The SMILES string of the molecule is O=C(C1COCCC1S(=O)(=O)c1ccc(-c2cccc(Cl)c2)cc1)N(O)O. The van der Waals surface area contributed by atoms with E-state index in [4.69, 9.17) is 26.8 Å². The van der Waals surface area contributed by atoms with E-state index in [9.17, 15) is 13.2 Å². The minimum atomic E-state index is -3.87. The molecule has 1 aliphatic heterocycles. The molecular weight excluding hydrogens is 394 g/mol. The number of halogens is 1. The lowest BCUT2D eigenvalue weighted by atomic mass is 10.0. The van der Waals surface area contributed by atoms with Crippen molar-refractivity contribution in [3.8, 4) is 11.1 Å². The van der Waals surface area contributed by atoms with Crippen molar-refractivity contribution in [2.24, 2.45) is 5.92 Å². The van der Waals surface area contributed by atoms with E-state index in [1.165, 1.54) is 12.1 Å². The Kier molecular flexibility index (Phi) is 5.83. The number of sulfone groups is 1. The van der Waals surface area contributed by atoms with Gasteiger partial charge in [0.1, 0.15) is 0 Å². The third-order valence-corrected chi connectivity index (χ3v) is 7.07. The van der Waals surface area contributed by atoms with Crippen molar-refractivity contribution in [3.05, 3.63) is 53.6 Å². The normalized spacial score (nSPS) is 20.3. The Morgan fingerprint density at radius 3 is 2.44 bits per heavy atom. The van der Waals surface area contributed by atoms with E-state index < -0.39 is 32.1 Å². The van der Waals surface area contributed by atoms with E-state index in [2.05, 4.69) is 0 Å². The molecular formula is C18H18ClNO6S. The van der Waals surface area contributed by atoms with Gasteiger partial charge in [-0.1, -0.05) is 41.1 Å². The second kappa shape index (κ2) is 7.95. The summed E-state index contributed by atoms with van der Waals surface area (Å²) in [6, 6.07) is 13.5. The topological polar surface area (TPSA) is 104 Å². The molecule has 2 N–H and O–H groups in total. The lowest BCUT2D eigenvalue weighted by Crippen LogP contribution is -2.46. The van der Waals surface area contributed by atoms with Crippen LogP contribution in [0, 0.1) is 5.92 Å². The predicted octanol–water partition coefficient (Wildman–Crippen LogP) is 2.79. The van der Waals surface area contributed by atoms with Gasteiger partial charge in [-0.15, -0.1) is 0 Å². The average Bonchev–Trinajstić information content (AvgIpc) is 2.67. The van der Waals surface area contributed by atoms with Gasteiger partial charge in [-0.2, -0.15) is 0 Å². The maximum Gasteiger partial charge on any atom is 0.279 e. The molecule has 0 spiro atoms. The van der Waals surface area contributed by atoms with Gasteiger partial charge in [0.2, 0.25) is 0 Å². The van der Waals surface area contributed by atoms with Gasteiger partial charge in [-0.3, -0.25) is 15.2 Å². The standard InChI is InChI=1S/C18H18ClNO6S/c19-14-3-1-2-13(10-14)12-4-6-15(7-5-12)27(24,25)17-8-9-26-11-16(17)18(21)20(22)23/h1-7,10,16-17,22-23H,8-9,11H2. The number of hydrogen-bond donors (Lipinski definition) is 2. The number of amides is 1. The highest BCUT2D eigenvalue weighted by molar-refractivity contribution is 7.92. The van der Waals surface area contributed by atoms with Crippen LogP contribution in [0.15, 0.2) is 53.4 Å². The van der Waals surface area contributed by atoms with Crippen LogP contribution >= 0.6 is 11.6 Å². The quantitative estimate of drug-likeness (QED) is 0.592. The van der Waals surface area contributed by atoms with Crippen LogP contribution in [0.4, 0.5) is 0 Å². The van der Waals surface area contributed by atoms with Gasteiger partial charge in [0, 0.05) is 11.6 Å². The summed E-state index contributed by atoms with van der Waals surface area (Å²) < 4.78 is 31.2. The van der Waals surface area contributed by atoms with E-state index in [-0.39, 0.29) is 24.5 Å². The highest BCUT2D eigenvalue weighted by Gasteiger charge is 2.42. The highest BCUT2D eigenvalue weighted by atomic mass is 35.5. The van der Waals surface area contributed by atoms with E-state index in [0.717, 1.165) is 11.1 Å². The molecule has 1 saturated heterocycles. The number of hydroxylamine groups is 2. The van der Waals surface area contributed by atoms with Gasteiger partial charge >= 0.3 is 0 Å². The first-order valence-corrected chi connectivity index (χ1v) is 10.1. The molecule has 1 amide bonds. The molecule has 0 aromatic heterocycles. The fourth-order valence-corrected chi connectivity index (χ4v) is 5.24. The third kappa shape index (κ3) is 4.15. The molecule has 3 rings (SSSR count). The Hall–Kier alpha value is -1.97. The zero-order chi connectivity index (χ0) is 19.6. The molecule has 0 saturated carbocycles. The Balaban J connectivity index is 1.90. The van der Waals surface area contributed by atoms with Crippen molar-refractivity contribution in [1.29, 1.82) is 0 Å². The summed E-state index contributed by atoms with van der Waals surface area (Å²) in [7, 11) is -3.87. The van der Waals surface area contributed by atoms with Crippen LogP contribution in [0.5, 0.6) is 0 Å². The number of nitrogens with zero attached hydrogens (tertiary/aromatic N) is 1. The third-order valence-electron chi connectivity index (χ3n) is 4.55. The van der Waals surface area contributed by atoms with E-state index in [1.54, 1.807) is 30.3 Å². The highest BCUT2D eigenvalue weighted by Crippen LogP contribution is 2.30. The summed E-state index contributed by atoms with van der Waals surface area (Å²) >= 11 is 5.99. The lowest BCUT2D eigenvalue weighted by Gasteiger charge is -2.30. The molecule has 2 atom stereocenters. The maximum atomic E-state index is 13.0. The van der Waals surface area contributed by atoms with Gasteiger partial charge in [0.15, 0.2) is 9.84 Å². The van der Waals surface area contributed by atoms with Crippen LogP contribution in [0.25, 0.3) is 11.1 Å². The molecule has 2 unspecified atom stereocenters. The molecule has 0 radical (unpaired) electrons.